The van der Waals surface area contributed by atoms with Gasteiger partial charge in [0.2, 0.25) is 0 Å². The highest BCUT2D eigenvalue weighted by Crippen LogP contribution is 2.05. The summed E-state index contributed by atoms with van der Waals surface area (Å²) < 4.78 is 4.98. The number of hydrogen-bond donors (Lipinski definition) is 0. The Balaban J connectivity index is 2.69. The van der Waals surface area contributed by atoms with Crippen LogP contribution in [0.1, 0.15) is 38.5 Å². The normalized spacial score (nSPS) is 10.2. The fraction of sp³-hybridized carbons (Fsp3) is 1.00. The van der Waals surface area contributed by atoms with Gasteiger partial charge in [-0.3, -0.25) is 0 Å². The van der Waals surface area contributed by atoms with E-state index in [4.69, 9.17) is 14.8 Å². The molecule has 0 bridgehead atoms. The molecule has 0 aliphatic rings. The second kappa shape index (κ2) is 11.0. The van der Waals surface area contributed by atoms with Gasteiger partial charge in [-0.25, -0.2) is 0 Å². The highest BCUT2D eigenvalue weighted by molar-refractivity contribution is 6.17. The molecular weight excluding hydrogens is 172 g/mol. The van der Waals surface area contributed by atoms with Crippen molar-refractivity contribution in [1.29, 1.82) is 0 Å². The van der Waals surface area contributed by atoms with Crippen LogP contribution in [0.25, 0.3) is 0 Å². The first kappa shape index (κ1) is 12.0. The van der Waals surface area contributed by atoms with Gasteiger partial charge in [-0.05, 0) is 12.8 Å². The Morgan fingerprint density at radius 1 is 0.909 bits per heavy atom. The topological polar surface area (TPSA) is 9.23 Å². The summed E-state index contributed by atoms with van der Waals surface area (Å²) in [5.41, 5.74) is 0. The molecule has 0 fully saturated rings. The Morgan fingerprint density at radius 2 is 1.45 bits per heavy atom. The number of unbranched alkanes of at least 4 members (excludes halogenated alkanes) is 5. The lowest BCUT2D eigenvalue weighted by molar-refractivity contribution is 0.333. The average Bonchev–Trinajstić information content (AvgIpc) is 2.03. The van der Waals surface area contributed by atoms with Crippen LogP contribution in [0.4, 0.5) is 0 Å². The third-order valence-electron chi connectivity index (χ3n) is 1.67. The SMILES string of the molecule is [Mg][O]CCCCCCCCCl. The van der Waals surface area contributed by atoms with Gasteiger partial charge in [-0.2, -0.15) is 0 Å². The lowest BCUT2D eigenvalue weighted by Gasteiger charge is -2.01. The van der Waals surface area contributed by atoms with E-state index in [-0.39, 0.29) is 0 Å². The second-order valence-electron chi connectivity index (χ2n) is 2.72. The van der Waals surface area contributed by atoms with Crippen LogP contribution < -0.4 is 0 Å². The molecule has 0 heterocycles. The van der Waals surface area contributed by atoms with Gasteiger partial charge in [0, 0.05) is 12.5 Å². The molecule has 0 aromatic heterocycles. The van der Waals surface area contributed by atoms with Crippen molar-refractivity contribution in [1.82, 2.24) is 0 Å². The van der Waals surface area contributed by atoms with Crippen LogP contribution >= 0.6 is 11.6 Å². The van der Waals surface area contributed by atoms with Crippen LogP contribution in [-0.2, 0) is 3.17 Å². The van der Waals surface area contributed by atoms with Gasteiger partial charge in [0.1, 0.15) is 0 Å². The minimum atomic E-state index is 0.819. The third kappa shape index (κ3) is 11.0. The second-order valence-corrected chi connectivity index (χ2v) is 3.50. The first-order chi connectivity index (χ1) is 5.41. The first-order valence-electron chi connectivity index (χ1n) is 4.34. The molecule has 11 heavy (non-hydrogen) atoms. The van der Waals surface area contributed by atoms with E-state index in [9.17, 15) is 0 Å². The van der Waals surface area contributed by atoms with Crippen LogP contribution in [0.2, 0.25) is 0 Å². The molecule has 0 unspecified atom stereocenters. The molecule has 1 radical (unpaired) electrons. The van der Waals surface area contributed by atoms with E-state index < -0.39 is 0 Å². The number of rotatable bonds is 8. The van der Waals surface area contributed by atoms with Crippen molar-refractivity contribution in [2.75, 3.05) is 12.5 Å². The zero-order valence-corrected chi connectivity index (χ0v) is 9.32. The summed E-state index contributed by atoms with van der Waals surface area (Å²) in [5.74, 6) is 0.819. The Kier molecular flexibility index (Phi) is 12.0. The zero-order valence-electron chi connectivity index (χ0n) is 7.15. The van der Waals surface area contributed by atoms with Crippen LogP contribution in [-0.4, -0.2) is 34.6 Å². The highest BCUT2D eigenvalue weighted by atomic mass is 35.5. The minimum Gasteiger partial charge on any atom is -0.584 e. The molecule has 0 aromatic carbocycles. The number of hydrogen-bond acceptors (Lipinski definition) is 1. The molecule has 63 valence electrons. The van der Waals surface area contributed by atoms with Crippen molar-refractivity contribution in [2.24, 2.45) is 0 Å². The number of alkyl halides is 1. The predicted octanol–water partition coefficient (Wildman–Crippen LogP) is 2.67. The lowest BCUT2D eigenvalue weighted by Crippen LogP contribution is -1.89. The van der Waals surface area contributed by atoms with E-state index in [1.54, 1.807) is 22.1 Å². The summed E-state index contributed by atoms with van der Waals surface area (Å²) in [6.45, 7) is 0.925. The van der Waals surface area contributed by atoms with Crippen molar-refractivity contribution in [3.8, 4) is 0 Å². The van der Waals surface area contributed by atoms with Gasteiger partial charge in [0.15, 0.2) is 0 Å². The summed E-state index contributed by atoms with van der Waals surface area (Å²) in [4.78, 5) is 0. The van der Waals surface area contributed by atoms with Crippen LogP contribution in [0.5, 0.6) is 0 Å². The predicted molar refractivity (Wildman–Crippen MR) is 50.1 cm³/mol. The standard InChI is InChI=1S/C8H16ClO.Mg/c9-7-5-3-1-2-4-6-8-10;/h1-8H2;/q-1;+1. The number of halogens is 1. The lowest BCUT2D eigenvalue weighted by atomic mass is 10.1. The molecule has 0 rings (SSSR count). The molecule has 0 aliphatic carbocycles. The Bertz CT molecular complexity index is 63.1. The van der Waals surface area contributed by atoms with Crippen molar-refractivity contribution in [2.45, 2.75) is 38.5 Å². The van der Waals surface area contributed by atoms with Crippen molar-refractivity contribution < 1.29 is 3.17 Å². The quantitative estimate of drug-likeness (QED) is 0.323. The fourth-order valence-corrected chi connectivity index (χ4v) is 1.40. The molecule has 0 spiro atoms. The summed E-state index contributed by atoms with van der Waals surface area (Å²) >= 11 is 7.13. The van der Waals surface area contributed by atoms with E-state index in [2.05, 4.69) is 0 Å². The Labute approximate surface area is 87.8 Å². The molecule has 0 atom stereocenters. The van der Waals surface area contributed by atoms with Gasteiger partial charge in [-0.1, -0.05) is 25.7 Å². The summed E-state index contributed by atoms with van der Waals surface area (Å²) in [5, 5.41) is 0. The minimum absolute atomic E-state index is 0.819. The molecule has 3 heteroatoms. The van der Waals surface area contributed by atoms with Crippen molar-refractivity contribution in [3.63, 3.8) is 0 Å². The van der Waals surface area contributed by atoms with Gasteiger partial charge < -0.3 is 3.17 Å². The van der Waals surface area contributed by atoms with E-state index in [0.717, 1.165) is 12.5 Å². The smallest absolute Gasteiger partial charge is 0.452 e. The van der Waals surface area contributed by atoms with Crippen LogP contribution in [0, 0.1) is 0 Å². The molecule has 0 aliphatic heterocycles. The molecular formula is C8H16ClMgO. The van der Waals surface area contributed by atoms with E-state index >= 15 is 0 Å². The van der Waals surface area contributed by atoms with Crippen LogP contribution in [0.3, 0.4) is 0 Å². The zero-order chi connectivity index (χ0) is 8.36. The van der Waals surface area contributed by atoms with Crippen molar-refractivity contribution >= 4 is 33.7 Å². The third-order valence-corrected chi connectivity index (χ3v) is 2.23. The summed E-state index contributed by atoms with van der Waals surface area (Å²) in [6.07, 6.45) is 7.65. The van der Waals surface area contributed by atoms with Gasteiger partial charge in [0.25, 0.3) is 0 Å². The Morgan fingerprint density at radius 3 is 2.00 bits per heavy atom. The first-order valence-corrected chi connectivity index (χ1v) is 5.46. The molecule has 1 nitrogen and oxygen atoms in total. The average molecular weight is 188 g/mol. The summed E-state index contributed by atoms with van der Waals surface area (Å²) in [7, 11) is 0. The molecule has 0 N–H and O–H groups in total. The van der Waals surface area contributed by atoms with Gasteiger partial charge >= 0.3 is 22.1 Å². The largest absolute Gasteiger partial charge is 0.584 e. The molecule has 0 saturated carbocycles. The summed E-state index contributed by atoms with van der Waals surface area (Å²) in [6, 6.07) is 0. The fourth-order valence-electron chi connectivity index (χ4n) is 1.01. The van der Waals surface area contributed by atoms with Crippen molar-refractivity contribution in [3.05, 3.63) is 0 Å². The maximum Gasteiger partial charge on any atom is 0.452 e. The van der Waals surface area contributed by atoms with Gasteiger partial charge in [0.05, 0.1) is 0 Å². The maximum absolute atomic E-state index is 5.54. The monoisotopic (exact) mass is 187 g/mol. The molecule has 0 amide bonds. The molecule has 0 aromatic rings. The van der Waals surface area contributed by atoms with E-state index in [0.29, 0.717) is 0 Å². The van der Waals surface area contributed by atoms with Gasteiger partial charge in [-0.15, -0.1) is 11.6 Å². The van der Waals surface area contributed by atoms with E-state index in [1.165, 1.54) is 38.5 Å². The van der Waals surface area contributed by atoms with Crippen LogP contribution in [0.15, 0.2) is 0 Å². The Hall–Kier alpha value is 1.02. The van der Waals surface area contributed by atoms with E-state index in [1.807, 2.05) is 0 Å². The maximum atomic E-state index is 5.54. The molecule has 0 saturated heterocycles. The highest BCUT2D eigenvalue weighted by Gasteiger charge is 1.89.